The second kappa shape index (κ2) is 2.08. The highest BCUT2D eigenvalue weighted by molar-refractivity contribution is 5.28. The van der Waals surface area contributed by atoms with Gasteiger partial charge in [-0.05, 0) is 27.7 Å². The van der Waals surface area contributed by atoms with Crippen molar-refractivity contribution in [3.05, 3.63) is 0 Å². The predicted molar refractivity (Wildman–Crippen MR) is 45.4 cm³/mol. The van der Waals surface area contributed by atoms with Gasteiger partial charge in [-0.3, -0.25) is 0 Å². The van der Waals surface area contributed by atoms with Crippen LogP contribution in [0.4, 0.5) is 0 Å². The fourth-order valence-electron chi connectivity index (χ4n) is 2.67. The fraction of sp³-hybridized carbons (Fsp3) is 1.00. The average molecular weight is 186 g/mol. The van der Waals surface area contributed by atoms with Crippen molar-refractivity contribution in [2.75, 3.05) is 6.61 Å². The molecule has 2 saturated heterocycles. The molecule has 13 heavy (non-hydrogen) atoms. The Kier molecular flexibility index (Phi) is 1.51. The number of morpholine rings is 1. The molecule has 2 fully saturated rings. The van der Waals surface area contributed by atoms with Crippen LogP contribution >= 0.6 is 0 Å². The molecule has 0 aromatic carbocycles. The molecule has 1 N–H and O–H groups in total. The van der Waals surface area contributed by atoms with Crippen LogP contribution in [0.25, 0.3) is 0 Å². The number of ether oxygens (including phenoxy) is 1. The quantitative estimate of drug-likeness (QED) is 0.600. The molecule has 1 radical (unpaired) electrons. The highest BCUT2D eigenvalue weighted by Crippen LogP contribution is 2.60. The Balaban J connectivity index is 2.41. The van der Waals surface area contributed by atoms with Crippen LogP contribution in [0.5, 0.6) is 0 Å². The SMILES string of the molecule is CC1(C)C2OC2(CO)C(C)(C)N1[O]. The minimum atomic E-state index is -0.629. The van der Waals surface area contributed by atoms with Gasteiger partial charge < -0.3 is 9.84 Å². The largest absolute Gasteiger partial charge is 0.393 e. The third-order valence-electron chi connectivity index (χ3n) is 3.64. The normalized spacial score (nSPS) is 46.2. The first-order valence-electron chi connectivity index (χ1n) is 4.57. The maximum absolute atomic E-state index is 11.9. The number of aliphatic hydroxyl groups is 1. The van der Waals surface area contributed by atoms with Crippen molar-refractivity contribution in [1.29, 1.82) is 0 Å². The van der Waals surface area contributed by atoms with E-state index in [4.69, 9.17) is 4.74 Å². The molecular weight excluding hydrogens is 170 g/mol. The van der Waals surface area contributed by atoms with Gasteiger partial charge in [0.15, 0.2) is 0 Å². The zero-order valence-corrected chi connectivity index (χ0v) is 8.50. The molecule has 0 aromatic heterocycles. The maximum atomic E-state index is 11.9. The number of rotatable bonds is 1. The molecule has 4 nitrogen and oxygen atoms in total. The monoisotopic (exact) mass is 186 g/mol. The molecule has 0 spiro atoms. The van der Waals surface area contributed by atoms with Crippen LogP contribution in [0.3, 0.4) is 0 Å². The van der Waals surface area contributed by atoms with E-state index >= 15 is 0 Å². The zero-order valence-electron chi connectivity index (χ0n) is 8.50. The lowest BCUT2D eigenvalue weighted by Crippen LogP contribution is -2.54. The van der Waals surface area contributed by atoms with Crippen molar-refractivity contribution in [2.24, 2.45) is 0 Å². The Morgan fingerprint density at radius 1 is 1.38 bits per heavy atom. The predicted octanol–water partition coefficient (Wildman–Crippen LogP) is 0.335. The van der Waals surface area contributed by atoms with Gasteiger partial charge in [-0.25, -0.2) is 0 Å². The van der Waals surface area contributed by atoms with Crippen LogP contribution in [0, 0.1) is 0 Å². The van der Waals surface area contributed by atoms with Gasteiger partial charge in [0, 0.05) is 0 Å². The van der Waals surface area contributed by atoms with E-state index in [0.717, 1.165) is 5.06 Å². The van der Waals surface area contributed by atoms with E-state index in [-0.39, 0.29) is 12.7 Å². The van der Waals surface area contributed by atoms with Gasteiger partial charge in [0.05, 0.1) is 17.7 Å². The van der Waals surface area contributed by atoms with E-state index in [0.29, 0.717) is 0 Å². The second-order valence-electron chi connectivity index (χ2n) is 5.05. The third kappa shape index (κ3) is 0.760. The van der Waals surface area contributed by atoms with E-state index in [1.54, 1.807) is 0 Å². The van der Waals surface area contributed by atoms with Crippen molar-refractivity contribution in [3.8, 4) is 0 Å². The molecule has 2 aliphatic heterocycles. The summed E-state index contributed by atoms with van der Waals surface area (Å²) in [5.74, 6) is 0. The number of hydrogen-bond acceptors (Lipinski definition) is 3. The third-order valence-corrected chi connectivity index (χ3v) is 3.64. The van der Waals surface area contributed by atoms with Crippen LogP contribution < -0.4 is 0 Å². The molecule has 2 aliphatic rings. The van der Waals surface area contributed by atoms with E-state index in [1.807, 2.05) is 27.7 Å². The molecule has 0 aromatic rings. The number of hydrogen-bond donors (Lipinski definition) is 1. The Labute approximate surface area is 78.1 Å². The molecule has 4 heteroatoms. The van der Waals surface area contributed by atoms with Crippen molar-refractivity contribution < 1.29 is 15.1 Å². The van der Waals surface area contributed by atoms with Gasteiger partial charge in [-0.1, -0.05) is 0 Å². The minimum absolute atomic E-state index is 0.0766. The summed E-state index contributed by atoms with van der Waals surface area (Å²) in [4.78, 5) is 0. The Bertz CT molecular complexity index is 251. The van der Waals surface area contributed by atoms with Gasteiger partial charge in [0.25, 0.3) is 0 Å². The van der Waals surface area contributed by atoms with Crippen molar-refractivity contribution in [3.63, 3.8) is 0 Å². The number of hydroxylamine groups is 2. The van der Waals surface area contributed by atoms with E-state index in [9.17, 15) is 10.3 Å². The number of epoxide rings is 1. The van der Waals surface area contributed by atoms with E-state index in [2.05, 4.69) is 0 Å². The van der Waals surface area contributed by atoms with Crippen molar-refractivity contribution in [1.82, 2.24) is 5.06 Å². The molecule has 2 heterocycles. The highest BCUT2D eigenvalue weighted by atomic mass is 16.7. The van der Waals surface area contributed by atoms with Crippen LogP contribution in [0.2, 0.25) is 0 Å². The van der Waals surface area contributed by atoms with Gasteiger partial charge in [0.2, 0.25) is 0 Å². The van der Waals surface area contributed by atoms with Gasteiger partial charge >= 0.3 is 0 Å². The second-order valence-corrected chi connectivity index (χ2v) is 5.05. The summed E-state index contributed by atoms with van der Waals surface area (Å²) in [7, 11) is 0. The molecule has 0 aliphatic carbocycles. The number of aliphatic hydroxyl groups excluding tert-OH is 1. The summed E-state index contributed by atoms with van der Waals surface area (Å²) < 4.78 is 5.50. The molecule has 0 saturated carbocycles. The fourth-order valence-corrected chi connectivity index (χ4v) is 2.67. The van der Waals surface area contributed by atoms with Gasteiger partial charge in [-0.15, -0.1) is 10.3 Å². The van der Waals surface area contributed by atoms with E-state index in [1.165, 1.54) is 0 Å². The van der Waals surface area contributed by atoms with Crippen molar-refractivity contribution >= 4 is 0 Å². The summed E-state index contributed by atoms with van der Waals surface area (Å²) in [6.07, 6.45) is -0.127. The molecule has 75 valence electrons. The Hall–Kier alpha value is -0.160. The lowest BCUT2D eigenvalue weighted by atomic mass is 9.87. The average Bonchev–Trinajstić information content (AvgIpc) is 2.75. The van der Waals surface area contributed by atoms with Crippen LogP contribution in [0.15, 0.2) is 0 Å². The van der Waals surface area contributed by atoms with Crippen LogP contribution in [0.1, 0.15) is 27.7 Å². The first-order valence-corrected chi connectivity index (χ1v) is 4.57. The molecule has 2 atom stereocenters. The summed E-state index contributed by atoms with van der Waals surface area (Å²) in [6.45, 7) is 7.29. The molecule has 2 unspecified atom stereocenters. The summed E-state index contributed by atoms with van der Waals surface area (Å²) in [5.41, 5.74) is -1.78. The zero-order chi connectivity index (χ0) is 10.1. The number of fused-ring (bicyclic) bond motifs is 1. The lowest BCUT2D eigenvalue weighted by Gasteiger charge is -2.37. The van der Waals surface area contributed by atoms with Gasteiger partial charge in [-0.2, -0.15) is 0 Å². The van der Waals surface area contributed by atoms with Crippen molar-refractivity contribution in [2.45, 2.75) is 50.5 Å². The smallest absolute Gasteiger partial charge is 0.140 e. The Morgan fingerprint density at radius 2 is 1.92 bits per heavy atom. The lowest BCUT2D eigenvalue weighted by molar-refractivity contribution is -0.278. The first kappa shape index (κ1) is 9.40. The summed E-state index contributed by atoms with van der Waals surface area (Å²) in [5, 5.41) is 22.2. The van der Waals surface area contributed by atoms with E-state index < -0.39 is 16.7 Å². The molecular formula is C9H16NO3. The summed E-state index contributed by atoms with van der Waals surface area (Å²) in [6, 6.07) is 0. The maximum Gasteiger partial charge on any atom is 0.140 e. The van der Waals surface area contributed by atoms with Crippen LogP contribution in [-0.2, 0) is 9.94 Å². The summed E-state index contributed by atoms with van der Waals surface area (Å²) >= 11 is 0. The molecule has 0 bridgehead atoms. The van der Waals surface area contributed by atoms with Gasteiger partial charge in [0.1, 0.15) is 11.7 Å². The first-order chi connectivity index (χ1) is 5.80. The minimum Gasteiger partial charge on any atom is -0.393 e. The topological polar surface area (TPSA) is 55.9 Å². The number of nitrogens with zero attached hydrogens (tertiary/aromatic N) is 1. The Morgan fingerprint density at radius 3 is 2.15 bits per heavy atom. The molecule has 0 amide bonds. The standard InChI is InChI=1S/C9H16NO3/c1-7(2)6-9(5-11,13-6)8(3,4)10(7)12/h6,11H,5H2,1-4H3. The highest BCUT2D eigenvalue weighted by Gasteiger charge is 2.80. The van der Waals surface area contributed by atoms with Crippen LogP contribution in [-0.4, -0.2) is 39.6 Å². The molecule has 2 rings (SSSR count).